The van der Waals surface area contributed by atoms with Gasteiger partial charge in [-0.2, -0.15) is 9.61 Å². The van der Waals surface area contributed by atoms with Gasteiger partial charge in [-0.15, -0.1) is 0 Å². The van der Waals surface area contributed by atoms with Crippen molar-refractivity contribution in [2.24, 2.45) is 11.8 Å². The van der Waals surface area contributed by atoms with Gasteiger partial charge in [-0.1, -0.05) is 43.8 Å². The number of nitrogen functional groups attached to an aromatic ring is 1. The molecule has 0 saturated heterocycles. The molecule has 0 radical (unpaired) electrons. The minimum atomic E-state index is -0.718. The lowest BCUT2D eigenvalue weighted by Crippen LogP contribution is -2.25. The van der Waals surface area contributed by atoms with Gasteiger partial charge in [-0.3, -0.25) is 4.79 Å². The van der Waals surface area contributed by atoms with Gasteiger partial charge >= 0.3 is 5.97 Å². The van der Waals surface area contributed by atoms with Crippen molar-refractivity contribution in [1.82, 2.24) is 14.6 Å². The molecule has 1 unspecified atom stereocenters. The summed E-state index contributed by atoms with van der Waals surface area (Å²) in [5.74, 6) is -0.0999. The second kappa shape index (κ2) is 9.51. The molecule has 4 rings (SSSR count). The number of anilines is 1. The van der Waals surface area contributed by atoms with Gasteiger partial charge in [0.25, 0.3) is 0 Å². The first-order valence-corrected chi connectivity index (χ1v) is 12.1. The van der Waals surface area contributed by atoms with Gasteiger partial charge in [0.2, 0.25) is 0 Å². The molecule has 6 nitrogen and oxygen atoms in total. The number of carboxylic acids is 1. The lowest BCUT2D eigenvalue weighted by Gasteiger charge is -2.31. The Morgan fingerprint density at radius 3 is 2.64 bits per heavy atom. The summed E-state index contributed by atoms with van der Waals surface area (Å²) in [5.41, 5.74) is 12.2. The normalized spacial score (nSPS) is 20.0. The van der Waals surface area contributed by atoms with Crippen LogP contribution in [0.4, 0.5) is 5.82 Å². The van der Waals surface area contributed by atoms with E-state index in [1.54, 1.807) is 10.7 Å². The molecule has 2 aromatic heterocycles. The van der Waals surface area contributed by atoms with Gasteiger partial charge in [-0.25, -0.2) is 4.98 Å². The number of rotatable bonds is 6. The summed E-state index contributed by atoms with van der Waals surface area (Å²) in [6.07, 6.45) is 9.22. The number of carboxylic acid groups (broad SMARTS) is 1. The van der Waals surface area contributed by atoms with Gasteiger partial charge in [0, 0.05) is 11.5 Å². The lowest BCUT2D eigenvalue weighted by molar-refractivity contribution is -0.143. The molecule has 1 fully saturated rings. The quantitative estimate of drug-likeness (QED) is 0.392. The standard InChI is InChI=1S/C26H29BrN4O2/c1-4-17(13-20-8-6-5-7-15(20)2)21-14-29-31-24(28)22(27)23(30-25(21)31)19-11-9-18(10-12-19)16(3)26(32)33/h4-8,13-14,16,18-19H,1,9-12,28H2,2-3H3,(H,32,33)/b17-13+. The van der Waals surface area contributed by atoms with Gasteiger partial charge in [0.1, 0.15) is 5.82 Å². The number of carbonyl (C=O) groups is 1. The maximum absolute atomic E-state index is 11.4. The number of nitrogens with two attached hydrogens (primary N) is 1. The summed E-state index contributed by atoms with van der Waals surface area (Å²) in [7, 11) is 0. The first-order valence-electron chi connectivity index (χ1n) is 11.3. The zero-order chi connectivity index (χ0) is 23.7. The van der Waals surface area contributed by atoms with Crippen LogP contribution in [-0.4, -0.2) is 25.7 Å². The van der Waals surface area contributed by atoms with E-state index < -0.39 is 5.97 Å². The Labute approximate surface area is 202 Å². The zero-order valence-electron chi connectivity index (χ0n) is 19.0. The zero-order valence-corrected chi connectivity index (χ0v) is 20.5. The van der Waals surface area contributed by atoms with E-state index in [-0.39, 0.29) is 17.8 Å². The topological polar surface area (TPSA) is 93.5 Å². The molecular formula is C26H29BrN4O2. The van der Waals surface area contributed by atoms with Crippen LogP contribution in [0.15, 0.2) is 47.6 Å². The van der Waals surface area contributed by atoms with Crippen molar-refractivity contribution >= 4 is 45.0 Å². The Morgan fingerprint density at radius 2 is 2.00 bits per heavy atom. The third-order valence-corrected chi connectivity index (χ3v) is 7.75. The van der Waals surface area contributed by atoms with Crippen LogP contribution in [0.25, 0.3) is 17.3 Å². The van der Waals surface area contributed by atoms with Crippen LogP contribution in [0.3, 0.4) is 0 Å². The fourth-order valence-electron chi connectivity index (χ4n) is 4.74. The van der Waals surface area contributed by atoms with Gasteiger partial charge in [0.15, 0.2) is 5.65 Å². The highest BCUT2D eigenvalue weighted by Crippen LogP contribution is 2.42. The molecule has 0 amide bonds. The predicted molar refractivity (Wildman–Crippen MR) is 136 cm³/mol. The molecule has 1 aliphatic carbocycles. The molecule has 1 atom stereocenters. The number of hydrogen-bond donors (Lipinski definition) is 2. The molecule has 0 aliphatic heterocycles. The number of fused-ring (bicyclic) bond motifs is 1. The van der Waals surface area contributed by atoms with E-state index in [1.165, 1.54) is 5.56 Å². The van der Waals surface area contributed by atoms with Crippen molar-refractivity contribution in [3.05, 3.63) is 70.0 Å². The van der Waals surface area contributed by atoms with E-state index in [9.17, 15) is 9.90 Å². The highest BCUT2D eigenvalue weighted by atomic mass is 79.9. The summed E-state index contributed by atoms with van der Waals surface area (Å²) >= 11 is 3.65. The Kier molecular flexibility index (Phi) is 6.70. The molecular weight excluding hydrogens is 480 g/mol. The number of aromatic nitrogens is 3. The monoisotopic (exact) mass is 508 g/mol. The van der Waals surface area contributed by atoms with E-state index in [2.05, 4.69) is 52.7 Å². The maximum Gasteiger partial charge on any atom is 0.306 e. The summed E-state index contributed by atoms with van der Waals surface area (Å²) in [6.45, 7) is 7.91. The van der Waals surface area contributed by atoms with E-state index >= 15 is 0 Å². The SMILES string of the molecule is C=C/C(=C\c1ccccc1C)c1cnn2c(N)c(Br)c(C3CCC(C(C)C(=O)O)CC3)nc12. The first kappa shape index (κ1) is 23.2. The highest BCUT2D eigenvalue weighted by molar-refractivity contribution is 9.10. The van der Waals surface area contributed by atoms with Crippen molar-refractivity contribution in [2.45, 2.75) is 45.4 Å². The number of aliphatic carboxylic acids is 1. The minimum Gasteiger partial charge on any atom is -0.481 e. The highest BCUT2D eigenvalue weighted by Gasteiger charge is 2.31. The second-order valence-corrected chi connectivity index (χ2v) is 9.68. The Balaban J connectivity index is 1.72. The summed E-state index contributed by atoms with van der Waals surface area (Å²) < 4.78 is 2.43. The molecule has 33 heavy (non-hydrogen) atoms. The first-order chi connectivity index (χ1) is 15.8. The Morgan fingerprint density at radius 1 is 1.30 bits per heavy atom. The number of benzene rings is 1. The van der Waals surface area contributed by atoms with Crippen molar-refractivity contribution in [2.75, 3.05) is 5.73 Å². The minimum absolute atomic E-state index is 0.202. The average molecular weight is 509 g/mol. The second-order valence-electron chi connectivity index (χ2n) is 8.89. The van der Waals surface area contributed by atoms with Crippen molar-refractivity contribution in [1.29, 1.82) is 0 Å². The van der Waals surface area contributed by atoms with Crippen molar-refractivity contribution in [3.8, 4) is 0 Å². The number of hydrogen-bond acceptors (Lipinski definition) is 4. The summed E-state index contributed by atoms with van der Waals surface area (Å²) in [6, 6.07) is 8.19. The largest absolute Gasteiger partial charge is 0.481 e. The number of aryl methyl sites for hydroxylation is 1. The molecule has 3 aromatic rings. The molecule has 0 spiro atoms. The Bertz CT molecular complexity index is 1240. The van der Waals surface area contributed by atoms with Crippen molar-refractivity contribution < 1.29 is 9.90 Å². The molecule has 0 bridgehead atoms. The molecule has 7 heteroatoms. The van der Waals surface area contributed by atoms with Crippen LogP contribution >= 0.6 is 15.9 Å². The van der Waals surface area contributed by atoms with Gasteiger partial charge in [0.05, 0.1) is 22.3 Å². The van der Waals surface area contributed by atoms with Crippen LogP contribution in [-0.2, 0) is 4.79 Å². The molecule has 1 saturated carbocycles. The fraction of sp³-hybridized carbons (Fsp3) is 0.346. The number of nitrogens with zero attached hydrogens (tertiary/aromatic N) is 3. The molecule has 3 N–H and O–H groups in total. The molecule has 1 aromatic carbocycles. The summed E-state index contributed by atoms with van der Waals surface area (Å²) in [5, 5.41) is 13.9. The van der Waals surface area contributed by atoms with Crippen LogP contribution in [0.2, 0.25) is 0 Å². The maximum atomic E-state index is 11.4. The number of allylic oxidation sites excluding steroid dienone is 2. The molecule has 2 heterocycles. The van der Waals surface area contributed by atoms with Crippen LogP contribution in [0, 0.1) is 18.8 Å². The smallest absolute Gasteiger partial charge is 0.306 e. The molecule has 172 valence electrons. The van der Waals surface area contributed by atoms with Gasteiger partial charge < -0.3 is 10.8 Å². The average Bonchev–Trinajstić information content (AvgIpc) is 3.24. The summed E-state index contributed by atoms with van der Waals surface area (Å²) in [4.78, 5) is 16.4. The number of halogens is 1. The van der Waals surface area contributed by atoms with E-state index in [0.29, 0.717) is 11.5 Å². The lowest BCUT2D eigenvalue weighted by atomic mass is 9.75. The molecule has 1 aliphatic rings. The van der Waals surface area contributed by atoms with E-state index in [0.717, 1.165) is 52.5 Å². The predicted octanol–water partition coefficient (Wildman–Crippen LogP) is 6.10. The third kappa shape index (κ3) is 4.47. The Hall–Kier alpha value is -2.93. The fourth-order valence-corrected chi connectivity index (χ4v) is 5.32. The van der Waals surface area contributed by atoms with Crippen LogP contribution in [0.5, 0.6) is 0 Å². The van der Waals surface area contributed by atoms with Crippen LogP contribution in [0.1, 0.15) is 60.9 Å². The van der Waals surface area contributed by atoms with E-state index in [4.69, 9.17) is 10.7 Å². The third-order valence-electron chi connectivity index (χ3n) is 6.93. The van der Waals surface area contributed by atoms with Crippen LogP contribution < -0.4 is 5.73 Å². The van der Waals surface area contributed by atoms with E-state index in [1.807, 2.05) is 25.1 Å². The van der Waals surface area contributed by atoms with Gasteiger partial charge in [-0.05, 0) is 77.2 Å². The van der Waals surface area contributed by atoms with Crippen molar-refractivity contribution in [3.63, 3.8) is 0 Å².